The molecule has 0 bridgehead atoms. The number of carbonyl (C=O) groups excluding carboxylic acids is 3. The largest absolute Gasteiger partial charge is 0.384 e. The van der Waals surface area contributed by atoms with Gasteiger partial charge in [0.05, 0.1) is 29.0 Å². The van der Waals surface area contributed by atoms with Crippen LogP contribution >= 0.6 is 0 Å². The second-order valence-corrected chi connectivity index (χ2v) is 17.2. The summed E-state index contributed by atoms with van der Waals surface area (Å²) in [4.78, 5) is 52.2. The topological polar surface area (TPSA) is 172 Å². The molecular formula is C45H49F2N11O4. The van der Waals surface area contributed by atoms with E-state index in [0.29, 0.717) is 72.3 Å². The van der Waals surface area contributed by atoms with E-state index in [1.165, 1.54) is 27.7 Å². The molecule has 5 aromatic rings. The molecule has 10 rings (SSSR count). The van der Waals surface area contributed by atoms with Crippen molar-refractivity contribution in [2.24, 2.45) is 0 Å². The van der Waals surface area contributed by atoms with Crippen molar-refractivity contribution in [2.75, 3.05) is 54.8 Å². The molecule has 0 spiro atoms. The third kappa shape index (κ3) is 7.41. The van der Waals surface area contributed by atoms with Crippen molar-refractivity contribution in [1.82, 2.24) is 40.0 Å². The third-order valence-corrected chi connectivity index (χ3v) is 13.4. The number of hydrogen-bond acceptors (Lipinski definition) is 12. The van der Waals surface area contributed by atoms with Crippen LogP contribution < -0.4 is 26.2 Å². The average molecular weight is 846 g/mol. The zero-order valence-corrected chi connectivity index (χ0v) is 34.5. The minimum absolute atomic E-state index is 0.175. The number of carbonyl (C=O) groups is 3. The number of likely N-dealkylation sites (tertiary alicyclic amines) is 1. The first-order valence-corrected chi connectivity index (χ1v) is 21.6. The Morgan fingerprint density at radius 2 is 1.71 bits per heavy atom. The van der Waals surface area contributed by atoms with Crippen LogP contribution in [0.3, 0.4) is 0 Å². The lowest BCUT2D eigenvalue weighted by atomic mass is 9.97. The first-order valence-electron chi connectivity index (χ1n) is 21.6. The number of nitrogens with one attached hydrogen (secondary N) is 4. The number of aliphatic hydroxyl groups is 1. The number of benzene rings is 2. The maximum atomic E-state index is 15.3. The monoisotopic (exact) mass is 845 g/mol. The van der Waals surface area contributed by atoms with Gasteiger partial charge in [-0.25, -0.2) is 23.3 Å². The highest BCUT2D eigenvalue weighted by Crippen LogP contribution is 2.40. The predicted molar refractivity (Wildman–Crippen MR) is 228 cm³/mol. The standard InChI is InChI=1S/C45H49F2N11O4/c1-2-45(62)14-11-26-3-8-35(52-41(26)45)38-21-34(47)39-22-50-44(54-58(38)39)51-30-6-4-28(5-7-30)48-15-16-49-29-12-17-55(18-13-29)31-24-56(25-31)37-19-27-23-57(43(61)32(27)20-33(37)46)36-9-10-40(59)53-42(36)60/h3-8,19-22,29,31,36,48-49,62H,2,9-18,23-25H2,1H3,(H,51,54)(H,53,59,60)/t36?,45-/m1/s1. The summed E-state index contributed by atoms with van der Waals surface area (Å²) in [6, 6.07) is 16.1. The van der Waals surface area contributed by atoms with Gasteiger partial charge in [-0.1, -0.05) is 13.0 Å². The number of piperidine rings is 2. The van der Waals surface area contributed by atoms with E-state index < -0.39 is 29.2 Å². The molecule has 62 heavy (non-hydrogen) atoms. The lowest BCUT2D eigenvalue weighted by Gasteiger charge is -2.48. The molecule has 7 heterocycles. The Balaban J connectivity index is 0.666. The number of amides is 3. The van der Waals surface area contributed by atoms with Crippen molar-refractivity contribution in [1.29, 1.82) is 0 Å². The summed E-state index contributed by atoms with van der Waals surface area (Å²) in [5, 5.41) is 28.4. The number of aryl methyl sites for hydroxylation is 1. The second kappa shape index (κ2) is 16.0. The van der Waals surface area contributed by atoms with Crippen LogP contribution in [-0.2, 0) is 28.2 Å². The van der Waals surface area contributed by atoms with Gasteiger partial charge < -0.3 is 30.9 Å². The van der Waals surface area contributed by atoms with Gasteiger partial charge in [-0.3, -0.25) is 24.6 Å². The van der Waals surface area contributed by atoms with Crippen LogP contribution in [0.25, 0.3) is 16.9 Å². The van der Waals surface area contributed by atoms with E-state index in [1.54, 1.807) is 6.07 Å². The highest BCUT2D eigenvalue weighted by atomic mass is 19.1. The Bertz CT molecular complexity index is 2570. The van der Waals surface area contributed by atoms with Crippen LogP contribution in [0.2, 0.25) is 0 Å². The van der Waals surface area contributed by atoms with Crippen molar-refractivity contribution in [3.8, 4) is 11.4 Å². The molecule has 15 nitrogen and oxygen atoms in total. The van der Waals surface area contributed by atoms with E-state index in [4.69, 9.17) is 4.98 Å². The fraction of sp³-hybridized carbons (Fsp3) is 0.422. The number of fused-ring (bicyclic) bond motifs is 3. The molecule has 1 aliphatic carbocycles. The van der Waals surface area contributed by atoms with E-state index in [2.05, 4.69) is 36.2 Å². The second-order valence-electron chi connectivity index (χ2n) is 17.2. The van der Waals surface area contributed by atoms with Gasteiger partial charge in [0.15, 0.2) is 5.82 Å². The Labute approximate surface area is 356 Å². The van der Waals surface area contributed by atoms with E-state index in [0.717, 1.165) is 62.4 Å². The molecule has 5 aliphatic rings. The number of nitrogens with zero attached hydrogens (tertiary/aromatic N) is 7. The minimum Gasteiger partial charge on any atom is -0.384 e. The van der Waals surface area contributed by atoms with Gasteiger partial charge in [0, 0.05) is 87.3 Å². The van der Waals surface area contributed by atoms with E-state index >= 15 is 8.78 Å². The van der Waals surface area contributed by atoms with E-state index in [1.807, 2.05) is 48.2 Å². The lowest BCUT2D eigenvalue weighted by Crippen LogP contribution is -2.62. The van der Waals surface area contributed by atoms with Crippen molar-refractivity contribution in [3.05, 3.63) is 94.8 Å². The molecule has 5 N–H and O–H groups in total. The zero-order valence-electron chi connectivity index (χ0n) is 34.5. The van der Waals surface area contributed by atoms with Crippen molar-refractivity contribution < 1.29 is 28.3 Å². The van der Waals surface area contributed by atoms with Gasteiger partial charge in [0.25, 0.3) is 5.91 Å². The molecule has 1 unspecified atom stereocenters. The van der Waals surface area contributed by atoms with Crippen LogP contribution in [-0.4, -0.2) is 110 Å². The Morgan fingerprint density at radius 1 is 0.919 bits per heavy atom. The summed E-state index contributed by atoms with van der Waals surface area (Å²) in [7, 11) is 0. The average Bonchev–Trinajstić information content (AvgIpc) is 3.89. The Hall–Kier alpha value is -6.04. The molecular weight excluding hydrogens is 797 g/mol. The fourth-order valence-electron chi connectivity index (χ4n) is 9.69. The Morgan fingerprint density at radius 3 is 2.48 bits per heavy atom. The number of imide groups is 1. The molecule has 3 aromatic heterocycles. The molecule has 0 radical (unpaired) electrons. The van der Waals surface area contributed by atoms with Crippen molar-refractivity contribution in [2.45, 2.75) is 82.1 Å². The number of halogens is 2. The maximum Gasteiger partial charge on any atom is 0.255 e. The smallest absolute Gasteiger partial charge is 0.255 e. The number of aromatic nitrogens is 4. The predicted octanol–water partition coefficient (Wildman–Crippen LogP) is 4.47. The summed E-state index contributed by atoms with van der Waals surface area (Å²) in [6.45, 7) is 7.09. The third-order valence-electron chi connectivity index (χ3n) is 13.4. The molecule has 0 saturated carbocycles. The quantitative estimate of drug-likeness (QED) is 0.0883. The van der Waals surface area contributed by atoms with Crippen molar-refractivity contribution >= 4 is 46.2 Å². The zero-order chi connectivity index (χ0) is 42.7. The van der Waals surface area contributed by atoms with Crippen LogP contribution in [0.1, 0.15) is 72.6 Å². The summed E-state index contributed by atoms with van der Waals surface area (Å²) >= 11 is 0. The molecule has 2 aromatic carbocycles. The van der Waals surface area contributed by atoms with Gasteiger partial charge in [-0.2, -0.15) is 0 Å². The lowest BCUT2D eigenvalue weighted by molar-refractivity contribution is -0.136. The number of pyridine rings is 1. The number of rotatable bonds is 12. The van der Waals surface area contributed by atoms with Gasteiger partial charge >= 0.3 is 0 Å². The minimum atomic E-state index is -0.978. The van der Waals surface area contributed by atoms with Gasteiger partial charge in [0.1, 0.15) is 23.0 Å². The first-order chi connectivity index (χ1) is 30.0. The normalized spacial score (nSPS) is 21.9. The summed E-state index contributed by atoms with van der Waals surface area (Å²) in [5.41, 5.74) is 5.18. The summed E-state index contributed by atoms with van der Waals surface area (Å²) in [6.07, 6.45) is 5.89. The summed E-state index contributed by atoms with van der Waals surface area (Å²) < 4.78 is 31.8. The molecule has 3 amide bonds. The first kappa shape index (κ1) is 40.1. The summed E-state index contributed by atoms with van der Waals surface area (Å²) in [5.74, 6) is -1.77. The van der Waals surface area contributed by atoms with E-state index in [9.17, 15) is 19.5 Å². The molecule has 3 fully saturated rings. The van der Waals surface area contributed by atoms with E-state index in [-0.39, 0.29) is 42.3 Å². The maximum absolute atomic E-state index is 15.3. The van der Waals surface area contributed by atoms with Crippen LogP contribution in [0, 0.1) is 11.6 Å². The van der Waals surface area contributed by atoms with Gasteiger partial charge in [-0.05, 0) is 92.1 Å². The van der Waals surface area contributed by atoms with Crippen LogP contribution in [0.15, 0.2) is 60.8 Å². The number of anilines is 4. The Kier molecular flexibility index (Phi) is 10.3. The van der Waals surface area contributed by atoms with Gasteiger partial charge in [0.2, 0.25) is 17.8 Å². The highest BCUT2D eigenvalue weighted by Gasteiger charge is 2.42. The molecule has 3 saturated heterocycles. The highest BCUT2D eigenvalue weighted by molar-refractivity contribution is 6.05. The van der Waals surface area contributed by atoms with Gasteiger partial charge in [-0.15, -0.1) is 5.10 Å². The fourth-order valence-corrected chi connectivity index (χ4v) is 9.69. The molecule has 4 aliphatic heterocycles. The number of hydrogen-bond donors (Lipinski definition) is 5. The van der Waals surface area contributed by atoms with Crippen LogP contribution in [0.5, 0.6) is 0 Å². The van der Waals surface area contributed by atoms with Crippen molar-refractivity contribution in [3.63, 3.8) is 0 Å². The van der Waals surface area contributed by atoms with Crippen LogP contribution in [0.4, 0.5) is 31.8 Å². The molecule has 2 atom stereocenters. The molecule has 322 valence electrons. The molecule has 17 heteroatoms. The SMILES string of the molecule is CC[C@@]1(O)CCc2ccc(-c3cc(F)c4cnc(Nc5ccc(NCCNC6CCN(C7CN(c8cc9c(cc8F)C(=O)N(C8CCC(=O)NC8=O)C9)C7)CC6)cc5)nn34)nc21.